The van der Waals surface area contributed by atoms with Gasteiger partial charge in [-0.05, 0) is 20.3 Å². The highest BCUT2D eigenvalue weighted by atomic mass is 16.5. The van der Waals surface area contributed by atoms with Crippen LogP contribution in [-0.2, 0) is 9.53 Å². The van der Waals surface area contributed by atoms with Gasteiger partial charge in [0.05, 0.1) is 12.2 Å². The molecule has 0 heterocycles. The van der Waals surface area contributed by atoms with Crippen molar-refractivity contribution in [1.29, 1.82) is 5.26 Å². The molecule has 0 aliphatic carbocycles. The quantitative estimate of drug-likeness (QED) is 0.688. The normalized spacial score (nSPS) is 14.3. The SMILES string of the molecule is COC(C)CCC(=O)NC(C)C#N. The highest BCUT2D eigenvalue weighted by Gasteiger charge is 2.07. The summed E-state index contributed by atoms with van der Waals surface area (Å²) < 4.78 is 4.99. The third kappa shape index (κ3) is 6.12. The number of nitrogens with zero attached hydrogens (tertiary/aromatic N) is 1. The van der Waals surface area contributed by atoms with E-state index in [-0.39, 0.29) is 12.0 Å². The van der Waals surface area contributed by atoms with Crippen LogP contribution in [0.1, 0.15) is 26.7 Å². The second-order valence-electron chi connectivity index (χ2n) is 3.00. The molecule has 0 fully saturated rings. The van der Waals surface area contributed by atoms with Gasteiger partial charge in [0.1, 0.15) is 6.04 Å². The summed E-state index contributed by atoms with van der Waals surface area (Å²) in [7, 11) is 1.61. The molecule has 0 aromatic heterocycles. The number of methoxy groups -OCH3 is 1. The smallest absolute Gasteiger partial charge is 0.221 e. The van der Waals surface area contributed by atoms with Crippen LogP contribution in [0, 0.1) is 11.3 Å². The van der Waals surface area contributed by atoms with Crippen molar-refractivity contribution in [3.8, 4) is 6.07 Å². The van der Waals surface area contributed by atoms with Gasteiger partial charge in [0.15, 0.2) is 0 Å². The van der Waals surface area contributed by atoms with Gasteiger partial charge in [-0.25, -0.2) is 0 Å². The molecule has 4 nitrogen and oxygen atoms in total. The van der Waals surface area contributed by atoms with Crippen molar-refractivity contribution in [2.24, 2.45) is 0 Å². The first-order chi connectivity index (χ1) is 6.10. The molecule has 13 heavy (non-hydrogen) atoms. The van der Waals surface area contributed by atoms with Crippen LogP contribution in [0.3, 0.4) is 0 Å². The van der Waals surface area contributed by atoms with Crippen molar-refractivity contribution in [2.45, 2.75) is 38.8 Å². The van der Waals surface area contributed by atoms with Crippen LogP contribution in [0.4, 0.5) is 0 Å². The van der Waals surface area contributed by atoms with Gasteiger partial charge in [0.25, 0.3) is 0 Å². The third-order valence-electron chi connectivity index (χ3n) is 1.75. The van der Waals surface area contributed by atoms with Crippen LogP contribution >= 0.6 is 0 Å². The molecular weight excluding hydrogens is 168 g/mol. The molecule has 1 amide bonds. The molecule has 74 valence electrons. The standard InChI is InChI=1S/C9H16N2O2/c1-7(6-10)11-9(12)5-4-8(2)13-3/h7-8H,4-5H2,1-3H3,(H,11,12). The number of carbonyl (C=O) groups excluding carboxylic acids is 1. The van der Waals surface area contributed by atoms with Gasteiger partial charge in [-0.2, -0.15) is 5.26 Å². The third-order valence-corrected chi connectivity index (χ3v) is 1.75. The first kappa shape index (κ1) is 11.9. The average molecular weight is 184 g/mol. The Kier molecular flexibility index (Phi) is 5.90. The van der Waals surface area contributed by atoms with Gasteiger partial charge >= 0.3 is 0 Å². The topological polar surface area (TPSA) is 62.1 Å². The fourth-order valence-electron chi connectivity index (χ4n) is 0.798. The lowest BCUT2D eigenvalue weighted by molar-refractivity contribution is -0.122. The molecule has 0 saturated carbocycles. The van der Waals surface area contributed by atoms with Gasteiger partial charge in [-0.3, -0.25) is 4.79 Å². The van der Waals surface area contributed by atoms with Crippen LogP contribution in [0.25, 0.3) is 0 Å². The molecule has 1 N–H and O–H groups in total. The Bertz CT molecular complexity index is 198. The summed E-state index contributed by atoms with van der Waals surface area (Å²) in [5.74, 6) is -0.0991. The highest BCUT2D eigenvalue weighted by molar-refractivity contribution is 5.76. The van der Waals surface area contributed by atoms with Crippen molar-refractivity contribution in [2.75, 3.05) is 7.11 Å². The predicted octanol–water partition coefficient (Wildman–Crippen LogP) is 0.830. The molecule has 0 radical (unpaired) electrons. The summed E-state index contributed by atoms with van der Waals surface area (Å²) in [6, 6.07) is 1.52. The highest BCUT2D eigenvalue weighted by Crippen LogP contribution is 1.99. The fourth-order valence-corrected chi connectivity index (χ4v) is 0.798. The zero-order valence-corrected chi connectivity index (χ0v) is 8.33. The molecule has 0 aliphatic heterocycles. The summed E-state index contributed by atoms with van der Waals surface area (Å²) >= 11 is 0. The van der Waals surface area contributed by atoms with E-state index in [1.165, 1.54) is 0 Å². The van der Waals surface area contributed by atoms with E-state index >= 15 is 0 Å². The maximum absolute atomic E-state index is 11.1. The summed E-state index contributed by atoms with van der Waals surface area (Å²) in [6.45, 7) is 3.55. The Hall–Kier alpha value is -1.08. The Morgan fingerprint density at radius 2 is 2.23 bits per heavy atom. The number of hydrogen-bond donors (Lipinski definition) is 1. The van der Waals surface area contributed by atoms with Gasteiger partial charge in [-0.1, -0.05) is 0 Å². The number of ether oxygens (including phenoxy) is 1. The summed E-state index contributed by atoms with van der Waals surface area (Å²) in [5, 5.41) is 11.0. The van der Waals surface area contributed by atoms with Crippen LogP contribution in [0.2, 0.25) is 0 Å². The largest absolute Gasteiger partial charge is 0.382 e. The summed E-state index contributed by atoms with van der Waals surface area (Å²) in [6.07, 6.45) is 1.17. The molecule has 0 saturated heterocycles. The molecule has 2 unspecified atom stereocenters. The second-order valence-corrected chi connectivity index (χ2v) is 3.00. The van der Waals surface area contributed by atoms with Crippen molar-refractivity contribution in [3.63, 3.8) is 0 Å². The van der Waals surface area contributed by atoms with Crippen molar-refractivity contribution in [1.82, 2.24) is 5.32 Å². The lowest BCUT2D eigenvalue weighted by Gasteiger charge is -2.09. The number of nitrogens with one attached hydrogen (secondary N) is 1. The number of carbonyl (C=O) groups is 1. The first-order valence-electron chi connectivity index (χ1n) is 4.32. The minimum absolute atomic E-state index is 0.0862. The number of nitriles is 1. The summed E-state index contributed by atoms with van der Waals surface area (Å²) in [5.41, 5.74) is 0. The number of rotatable bonds is 5. The number of hydrogen-bond acceptors (Lipinski definition) is 3. The monoisotopic (exact) mass is 184 g/mol. The lowest BCUT2D eigenvalue weighted by Crippen LogP contribution is -2.31. The van der Waals surface area contributed by atoms with Crippen LogP contribution in [0.5, 0.6) is 0 Å². The van der Waals surface area contributed by atoms with Crippen molar-refractivity contribution in [3.05, 3.63) is 0 Å². The minimum Gasteiger partial charge on any atom is -0.382 e. The predicted molar refractivity (Wildman–Crippen MR) is 48.9 cm³/mol. The second kappa shape index (κ2) is 6.44. The molecule has 0 bridgehead atoms. The summed E-state index contributed by atoms with van der Waals surface area (Å²) in [4.78, 5) is 11.1. The average Bonchev–Trinajstić information content (AvgIpc) is 2.13. The lowest BCUT2D eigenvalue weighted by atomic mass is 10.2. The molecule has 0 rings (SSSR count). The van der Waals surface area contributed by atoms with E-state index in [0.29, 0.717) is 12.8 Å². The Balaban J connectivity index is 3.59. The van der Waals surface area contributed by atoms with Crippen LogP contribution in [-0.4, -0.2) is 25.2 Å². The van der Waals surface area contributed by atoms with Gasteiger partial charge < -0.3 is 10.1 Å². The number of amides is 1. The molecule has 0 aromatic rings. The van der Waals surface area contributed by atoms with Gasteiger partial charge in [-0.15, -0.1) is 0 Å². The van der Waals surface area contributed by atoms with Gasteiger partial charge in [0.2, 0.25) is 5.91 Å². The van der Waals surface area contributed by atoms with E-state index in [2.05, 4.69) is 5.32 Å². The zero-order valence-electron chi connectivity index (χ0n) is 8.33. The fraction of sp³-hybridized carbons (Fsp3) is 0.778. The molecule has 2 atom stereocenters. The van der Waals surface area contributed by atoms with Crippen molar-refractivity contribution < 1.29 is 9.53 Å². The molecule has 0 spiro atoms. The zero-order chi connectivity index (χ0) is 10.3. The molecule has 0 aromatic carbocycles. The van der Waals surface area contributed by atoms with Crippen LogP contribution in [0.15, 0.2) is 0 Å². The Morgan fingerprint density at radius 1 is 1.62 bits per heavy atom. The first-order valence-corrected chi connectivity index (χ1v) is 4.32. The molecule has 4 heteroatoms. The van der Waals surface area contributed by atoms with E-state index in [9.17, 15) is 4.79 Å². The van der Waals surface area contributed by atoms with E-state index in [4.69, 9.17) is 10.00 Å². The van der Waals surface area contributed by atoms with Crippen LogP contribution < -0.4 is 5.32 Å². The maximum atomic E-state index is 11.1. The minimum atomic E-state index is -0.412. The van der Waals surface area contributed by atoms with E-state index in [1.807, 2.05) is 13.0 Å². The van der Waals surface area contributed by atoms with E-state index < -0.39 is 6.04 Å². The maximum Gasteiger partial charge on any atom is 0.221 e. The Labute approximate surface area is 78.9 Å². The molecular formula is C9H16N2O2. The van der Waals surface area contributed by atoms with Gasteiger partial charge in [0, 0.05) is 13.5 Å². The molecule has 0 aliphatic rings. The van der Waals surface area contributed by atoms with Crippen molar-refractivity contribution >= 4 is 5.91 Å². The Morgan fingerprint density at radius 3 is 2.69 bits per heavy atom. The van der Waals surface area contributed by atoms with E-state index in [0.717, 1.165) is 0 Å². The van der Waals surface area contributed by atoms with E-state index in [1.54, 1.807) is 14.0 Å².